The Labute approximate surface area is 141 Å². The molecule has 2 N–H and O–H groups in total. The average Bonchev–Trinajstić information content (AvgIpc) is 3.25. The number of fused-ring (bicyclic) bond motifs is 1. The Bertz CT molecular complexity index is 737. The molecular formula is C15H16F2N4O4. The molecule has 2 aromatic rings. The number of nitrogens with one attached hydrogen (secondary N) is 2. The van der Waals surface area contributed by atoms with Crippen LogP contribution in [0, 0.1) is 0 Å². The molecule has 0 atom stereocenters. The van der Waals surface area contributed by atoms with Crippen LogP contribution in [0.1, 0.15) is 11.3 Å². The fourth-order valence-electron chi connectivity index (χ4n) is 2.21. The summed E-state index contributed by atoms with van der Waals surface area (Å²) in [5.41, 5.74) is 1.18. The molecule has 0 fully saturated rings. The van der Waals surface area contributed by atoms with Gasteiger partial charge >= 0.3 is 6.61 Å². The highest BCUT2D eigenvalue weighted by Gasteiger charge is 2.20. The molecule has 1 aliphatic rings. The van der Waals surface area contributed by atoms with Crippen molar-refractivity contribution in [2.24, 2.45) is 4.99 Å². The van der Waals surface area contributed by atoms with Crippen molar-refractivity contribution in [1.82, 2.24) is 15.8 Å². The zero-order chi connectivity index (χ0) is 17.6. The third-order valence-corrected chi connectivity index (χ3v) is 3.37. The van der Waals surface area contributed by atoms with Crippen LogP contribution in [0.5, 0.6) is 17.2 Å². The number of hydrogen-bond acceptors (Lipinski definition) is 6. The van der Waals surface area contributed by atoms with Crippen LogP contribution in [0.2, 0.25) is 0 Å². The summed E-state index contributed by atoms with van der Waals surface area (Å²) >= 11 is 0. The van der Waals surface area contributed by atoms with E-state index in [1.54, 1.807) is 19.2 Å². The summed E-state index contributed by atoms with van der Waals surface area (Å²) in [4.78, 5) is 4.06. The van der Waals surface area contributed by atoms with Crippen LogP contribution in [0.4, 0.5) is 8.78 Å². The summed E-state index contributed by atoms with van der Waals surface area (Å²) < 4.78 is 45.0. The molecular weight excluding hydrogens is 338 g/mol. The van der Waals surface area contributed by atoms with Crippen molar-refractivity contribution in [2.45, 2.75) is 19.7 Å². The van der Waals surface area contributed by atoms with Crippen LogP contribution in [-0.4, -0.2) is 31.6 Å². The van der Waals surface area contributed by atoms with Gasteiger partial charge in [0.1, 0.15) is 17.7 Å². The van der Waals surface area contributed by atoms with E-state index in [9.17, 15) is 8.78 Å². The number of halogens is 2. The maximum absolute atomic E-state index is 12.6. The molecule has 0 saturated heterocycles. The van der Waals surface area contributed by atoms with Crippen LogP contribution in [-0.2, 0) is 13.1 Å². The molecule has 0 saturated carbocycles. The van der Waals surface area contributed by atoms with E-state index < -0.39 is 6.61 Å². The Morgan fingerprint density at radius 1 is 1.28 bits per heavy atom. The number of rotatable bonds is 6. The standard InChI is InChI=1S/C15H16F2N4O4/c1-18-15(20-7-10-2-3-24-21-10)19-6-9-4-12-13(23-8-22-12)5-11(9)25-14(16)17/h2-5,14H,6-8H2,1H3,(H2,18,19,20). The van der Waals surface area contributed by atoms with Crippen molar-refractivity contribution in [3.8, 4) is 17.2 Å². The molecule has 2 heterocycles. The number of guanidine groups is 1. The normalized spacial score (nSPS) is 13.2. The average molecular weight is 354 g/mol. The SMILES string of the molecule is CN=C(NCc1ccon1)NCc1cc2c(cc1OC(F)F)OCO2. The van der Waals surface area contributed by atoms with Gasteiger partial charge in [-0.3, -0.25) is 4.99 Å². The van der Waals surface area contributed by atoms with Crippen molar-refractivity contribution in [3.63, 3.8) is 0 Å². The summed E-state index contributed by atoms with van der Waals surface area (Å²) in [6.45, 7) is -2.31. The number of aliphatic imine (C=N–C) groups is 1. The third kappa shape index (κ3) is 4.28. The van der Waals surface area contributed by atoms with Crippen LogP contribution >= 0.6 is 0 Å². The van der Waals surface area contributed by atoms with E-state index in [2.05, 4.69) is 25.5 Å². The lowest BCUT2D eigenvalue weighted by Gasteiger charge is -2.14. The smallest absolute Gasteiger partial charge is 0.387 e. The van der Waals surface area contributed by atoms with Crippen molar-refractivity contribution in [1.29, 1.82) is 0 Å². The first-order chi connectivity index (χ1) is 12.2. The number of aromatic nitrogens is 1. The summed E-state index contributed by atoms with van der Waals surface area (Å²) in [7, 11) is 1.59. The maximum atomic E-state index is 12.6. The first-order valence-corrected chi connectivity index (χ1v) is 7.37. The van der Waals surface area contributed by atoms with E-state index >= 15 is 0 Å². The molecule has 25 heavy (non-hydrogen) atoms. The minimum Gasteiger partial charge on any atom is -0.454 e. The zero-order valence-electron chi connectivity index (χ0n) is 13.3. The zero-order valence-corrected chi connectivity index (χ0v) is 13.3. The van der Waals surface area contributed by atoms with E-state index in [1.807, 2.05) is 0 Å². The van der Waals surface area contributed by atoms with Gasteiger partial charge in [-0.15, -0.1) is 0 Å². The van der Waals surface area contributed by atoms with Crippen molar-refractivity contribution >= 4 is 5.96 Å². The molecule has 0 unspecified atom stereocenters. The largest absolute Gasteiger partial charge is 0.454 e. The van der Waals surface area contributed by atoms with E-state index in [0.29, 0.717) is 35.3 Å². The van der Waals surface area contributed by atoms with Gasteiger partial charge in [0.15, 0.2) is 17.5 Å². The lowest BCUT2D eigenvalue weighted by molar-refractivity contribution is -0.0505. The van der Waals surface area contributed by atoms with E-state index in [-0.39, 0.29) is 19.1 Å². The summed E-state index contributed by atoms with van der Waals surface area (Å²) in [5.74, 6) is 1.32. The Morgan fingerprint density at radius 2 is 2.04 bits per heavy atom. The summed E-state index contributed by atoms with van der Waals surface area (Å²) in [6, 6.07) is 4.70. The van der Waals surface area contributed by atoms with Crippen LogP contribution < -0.4 is 24.8 Å². The van der Waals surface area contributed by atoms with Crippen LogP contribution in [0.25, 0.3) is 0 Å². The van der Waals surface area contributed by atoms with Crippen molar-refractivity contribution in [2.75, 3.05) is 13.8 Å². The Hall–Kier alpha value is -3.04. The molecule has 10 heteroatoms. The number of benzene rings is 1. The molecule has 0 radical (unpaired) electrons. The van der Waals surface area contributed by atoms with Gasteiger partial charge in [0.2, 0.25) is 6.79 Å². The van der Waals surface area contributed by atoms with Gasteiger partial charge in [-0.2, -0.15) is 8.78 Å². The van der Waals surface area contributed by atoms with Gasteiger partial charge in [-0.25, -0.2) is 0 Å². The molecule has 0 amide bonds. The summed E-state index contributed by atoms with van der Waals surface area (Å²) in [5, 5.41) is 9.81. The van der Waals surface area contributed by atoms with Crippen molar-refractivity contribution in [3.05, 3.63) is 35.7 Å². The van der Waals surface area contributed by atoms with E-state index in [4.69, 9.17) is 14.0 Å². The third-order valence-electron chi connectivity index (χ3n) is 3.37. The quantitative estimate of drug-likeness (QED) is 0.604. The molecule has 134 valence electrons. The Kier molecular flexibility index (Phi) is 5.17. The topological polar surface area (TPSA) is 90.1 Å². The maximum Gasteiger partial charge on any atom is 0.387 e. The second-order valence-electron chi connectivity index (χ2n) is 4.96. The fourth-order valence-corrected chi connectivity index (χ4v) is 2.21. The lowest BCUT2D eigenvalue weighted by Crippen LogP contribution is -2.36. The fraction of sp³-hybridized carbons (Fsp3) is 0.333. The first kappa shape index (κ1) is 16.8. The molecule has 0 bridgehead atoms. The monoisotopic (exact) mass is 354 g/mol. The highest BCUT2D eigenvalue weighted by molar-refractivity contribution is 5.79. The van der Waals surface area contributed by atoms with Gasteiger partial charge in [0.05, 0.1) is 6.54 Å². The van der Waals surface area contributed by atoms with E-state index in [1.165, 1.54) is 12.3 Å². The number of alkyl halides is 2. The lowest BCUT2D eigenvalue weighted by atomic mass is 10.1. The number of nitrogens with zero attached hydrogens (tertiary/aromatic N) is 2. The Balaban J connectivity index is 1.66. The minimum absolute atomic E-state index is 0.0127. The van der Waals surface area contributed by atoms with Crippen LogP contribution in [0.15, 0.2) is 34.0 Å². The molecule has 0 spiro atoms. The van der Waals surface area contributed by atoms with E-state index in [0.717, 1.165) is 0 Å². The number of ether oxygens (including phenoxy) is 3. The second kappa shape index (κ2) is 7.69. The van der Waals surface area contributed by atoms with Gasteiger partial charge < -0.3 is 29.4 Å². The van der Waals surface area contributed by atoms with Gasteiger partial charge in [0.25, 0.3) is 0 Å². The second-order valence-corrected chi connectivity index (χ2v) is 4.96. The summed E-state index contributed by atoms with van der Waals surface area (Å²) in [6.07, 6.45) is 1.47. The number of hydrogen-bond donors (Lipinski definition) is 2. The first-order valence-electron chi connectivity index (χ1n) is 7.37. The highest BCUT2D eigenvalue weighted by Crippen LogP contribution is 2.38. The minimum atomic E-state index is -2.94. The van der Waals surface area contributed by atoms with Gasteiger partial charge in [-0.05, 0) is 6.07 Å². The molecule has 1 aromatic heterocycles. The molecule has 3 rings (SSSR count). The molecule has 1 aromatic carbocycles. The van der Waals surface area contributed by atoms with Crippen LogP contribution in [0.3, 0.4) is 0 Å². The molecule has 0 aliphatic carbocycles. The van der Waals surface area contributed by atoms with Gasteiger partial charge in [-0.1, -0.05) is 5.16 Å². The van der Waals surface area contributed by atoms with Gasteiger partial charge in [0, 0.05) is 31.3 Å². The highest BCUT2D eigenvalue weighted by atomic mass is 19.3. The predicted molar refractivity (Wildman–Crippen MR) is 82.7 cm³/mol. The van der Waals surface area contributed by atoms with Crippen molar-refractivity contribution < 1.29 is 27.5 Å². The Morgan fingerprint density at radius 3 is 2.72 bits per heavy atom. The molecule has 8 nitrogen and oxygen atoms in total. The predicted octanol–water partition coefficient (Wildman–Crippen LogP) is 1.87. The molecule has 1 aliphatic heterocycles.